The number of morpholine rings is 1. The van der Waals surface area contributed by atoms with Crippen molar-refractivity contribution in [3.63, 3.8) is 0 Å². The van der Waals surface area contributed by atoms with E-state index in [1.807, 2.05) is 30.3 Å². The number of benzene rings is 2. The molecule has 5 rings (SSSR count). The van der Waals surface area contributed by atoms with Crippen molar-refractivity contribution in [1.82, 2.24) is 15.0 Å². The molecule has 3 N–H and O–H groups in total. The van der Waals surface area contributed by atoms with Gasteiger partial charge < -0.3 is 25.3 Å². The zero-order valence-electron chi connectivity index (χ0n) is 18.6. The molecular formula is C25H22ClFN6O2. The number of nitrogens with zero attached hydrogens (tertiary/aromatic N) is 3. The lowest BCUT2D eigenvalue weighted by molar-refractivity contribution is 0.122. The van der Waals surface area contributed by atoms with Crippen molar-refractivity contribution in [2.24, 2.45) is 0 Å². The first-order valence-corrected chi connectivity index (χ1v) is 11.4. The summed E-state index contributed by atoms with van der Waals surface area (Å²) in [5, 5.41) is 5.50. The topological polar surface area (TPSA) is 95.2 Å². The summed E-state index contributed by atoms with van der Waals surface area (Å²) in [6.45, 7) is 2.77. The number of amides is 2. The fourth-order valence-electron chi connectivity index (χ4n) is 3.84. The van der Waals surface area contributed by atoms with Crippen molar-refractivity contribution < 1.29 is 13.9 Å². The number of H-pyrrole nitrogens is 1. The monoisotopic (exact) mass is 492 g/mol. The second-order valence-electron chi connectivity index (χ2n) is 7.90. The molecule has 0 radical (unpaired) electrons. The first-order chi connectivity index (χ1) is 17.1. The second kappa shape index (κ2) is 10.1. The van der Waals surface area contributed by atoms with E-state index in [0.29, 0.717) is 18.9 Å². The lowest BCUT2D eigenvalue weighted by Crippen LogP contribution is -2.36. The van der Waals surface area contributed by atoms with E-state index >= 15 is 0 Å². The molecule has 0 unspecified atom stereocenters. The number of nitrogens with one attached hydrogen (secondary N) is 3. The minimum Gasteiger partial charge on any atom is -0.378 e. The van der Waals surface area contributed by atoms with Gasteiger partial charge in [0.1, 0.15) is 5.82 Å². The highest BCUT2D eigenvalue weighted by Gasteiger charge is 2.20. The lowest BCUT2D eigenvalue weighted by atomic mass is 10.1. The highest BCUT2D eigenvalue weighted by Crippen LogP contribution is 2.33. The molecule has 2 aromatic heterocycles. The number of hydrogen-bond acceptors (Lipinski definition) is 5. The third-order valence-electron chi connectivity index (χ3n) is 5.54. The van der Waals surface area contributed by atoms with Crippen LogP contribution in [-0.4, -0.2) is 47.3 Å². The summed E-state index contributed by atoms with van der Waals surface area (Å²) < 4.78 is 19.5. The highest BCUT2D eigenvalue weighted by atomic mass is 35.5. The number of anilines is 3. The van der Waals surface area contributed by atoms with E-state index in [-0.39, 0.29) is 10.7 Å². The van der Waals surface area contributed by atoms with Crippen molar-refractivity contribution in [2.45, 2.75) is 0 Å². The molecule has 2 amide bonds. The Morgan fingerprint density at radius 2 is 1.83 bits per heavy atom. The smallest absolute Gasteiger partial charge is 0.323 e. The number of imidazole rings is 1. The minimum atomic E-state index is -0.615. The largest absolute Gasteiger partial charge is 0.378 e. The van der Waals surface area contributed by atoms with Gasteiger partial charge in [-0.15, -0.1) is 0 Å². The zero-order valence-corrected chi connectivity index (χ0v) is 19.3. The van der Waals surface area contributed by atoms with Gasteiger partial charge in [0, 0.05) is 47.3 Å². The number of halogens is 2. The molecule has 0 bridgehead atoms. The second-order valence-corrected chi connectivity index (χ2v) is 8.34. The Labute approximate surface area is 206 Å². The van der Waals surface area contributed by atoms with Crippen LogP contribution in [0, 0.1) is 5.82 Å². The van der Waals surface area contributed by atoms with Gasteiger partial charge in [0.2, 0.25) is 5.95 Å². The minimum absolute atomic E-state index is 0.0329. The van der Waals surface area contributed by atoms with Gasteiger partial charge in [-0.1, -0.05) is 23.7 Å². The van der Waals surface area contributed by atoms with Gasteiger partial charge in [-0.3, -0.25) is 4.98 Å². The van der Waals surface area contributed by atoms with E-state index < -0.39 is 11.8 Å². The van der Waals surface area contributed by atoms with Crippen molar-refractivity contribution >= 4 is 35.0 Å². The van der Waals surface area contributed by atoms with Crippen LogP contribution in [0.1, 0.15) is 0 Å². The number of aromatic nitrogens is 3. The van der Waals surface area contributed by atoms with Crippen LogP contribution in [0.15, 0.2) is 67.0 Å². The fraction of sp³-hybridized carbons (Fsp3) is 0.160. The number of aromatic amines is 1. The Bertz CT molecular complexity index is 1340. The zero-order chi connectivity index (χ0) is 24.2. The molecule has 1 aliphatic heterocycles. The summed E-state index contributed by atoms with van der Waals surface area (Å²) in [5.74, 6) is 0.139. The molecule has 8 nitrogen and oxygen atoms in total. The van der Waals surface area contributed by atoms with E-state index in [1.165, 1.54) is 12.1 Å². The number of pyridine rings is 1. The normalized spacial score (nSPS) is 13.5. The average molecular weight is 493 g/mol. The quantitative estimate of drug-likeness (QED) is 0.346. The maximum Gasteiger partial charge on any atom is 0.323 e. The van der Waals surface area contributed by atoms with Crippen LogP contribution in [0.4, 0.5) is 26.5 Å². The number of carbonyl (C=O) groups is 1. The molecule has 1 aliphatic rings. The van der Waals surface area contributed by atoms with E-state index in [1.54, 1.807) is 18.5 Å². The summed E-state index contributed by atoms with van der Waals surface area (Å²) in [4.78, 5) is 27.1. The summed E-state index contributed by atoms with van der Waals surface area (Å²) in [6.07, 6.45) is 3.46. The maximum atomic E-state index is 14.0. The number of carbonyl (C=O) groups excluding carboxylic acids is 1. The number of ether oxygens (including phenoxy) is 1. The Morgan fingerprint density at radius 1 is 1.03 bits per heavy atom. The third kappa shape index (κ3) is 5.26. The molecule has 0 spiro atoms. The van der Waals surface area contributed by atoms with Crippen molar-refractivity contribution in [2.75, 3.05) is 41.8 Å². The molecule has 3 heterocycles. The Balaban J connectivity index is 1.42. The molecule has 0 atom stereocenters. The molecule has 1 fully saturated rings. The summed E-state index contributed by atoms with van der Waals surface area (Å²) in [6, 6.07) is 14.6. The van der Waals surface area contributed by atoms with Crippen LogP contribution in [0.5, 0.6) is 0 Å². The van der Waals surface area contributed by atoms with E-state index in [2.05, 4.69) is 25.5 Å². The van der Waals surface area contributed by atoms with E-state index in [0.717, 1.165) is 47.6 Å². The van der Waals surface area contributed by atoms with Gasteiger partial charge in [-0.25, -0.2) is 14.2 Å². The predicted molar refractivity (Wildman–Crippen MR) is 134 cm³/mol. The molecular weight excluding hydrogens is 471 g/mol. The summed E-state index contributed by atoms with van der Waals surface area (Å²) in [7, 11) is 0. The van der Waals surface area contributed by atoms with Crippen molar-refractivity contribution in [1.29, 1.82) is 0 Å². The molecule has 178 valence electrons. The van der Waals surface area contributed by atoms with Gasteiger partial charge in [0.25, 0.3) is 0 Å². The van der Waals surface area contributed by atoms with Crippen LogP contribution >= 0.6 is 11.6 Å². The highest BCUT2D eigenvalue weighted by molar-refractivity contribution is 6.30. The summed E-state index contributed by atoms with van der Waals surface area (Å²) in [5.41, 5.74) is 3.90. The van der Waals surface area contributed by atoms with Crippen LogP contribution in [0.25, 0.3) is 22.5 Å². The fourth-order valence-corrected chi connectivity index (χ4v) is 4.00. The predicted octanol–water partition coefficient (Wildman–Crippen LogP) is 5.41. The first-order valence-electron chi connectivity index (χ1n) is 11.0. The molecule has 0 saturated carbocycles. The third-order valence-corrected chi connectivity index (χ3v) is 5.78. The van der Waals surface area contributed by atoms with E-state index in [4.69, 9.17) is 21.3 Å². The number of rotatable bonds is 5. The molecule has 35 heavy (non-hydrogen) atoms. The van der Waals surface area contributed by atoms with Gasteiger partial charge in [0.05, 0.1) is 30.3 Å². The van der Waals surface area contributed by atoms with Gasteiger partial charge in [0.15, 0.2) is 0 Å². The average Bonchev–Trinajstić information content (AvgIpc) is 3.33. The first kappa shape index (κ1) is 22.8. The number of urea groups is 1. The molecule has 0 aliphatic carbocycles. The molecule has 2 aromatic carbocycles. The van der Waals surface area contributed by atoms with Gasteiger partial charge in [-0.2, -0.15) is 0 Å². The van der Waals surface area contributed by atoms with Crippen molar-refractivity contribution in [3.05, 3.63) is 77.8 Å². The molecule has 4 aromatic rings. The Morgan fingerprint density at radius 3 is 2.60 bits per heavy atom. The van der Waals surface area contributed by atoms with Gasteiger partial charge >= 0.3 is 6.03 Å². The van der Waals surface area contributed by atoms with Crippen LogP contribution in [-0.2, 0) is 4.74 Å². The van der Waals surface area contributed by atoms with Crippen LogP contribution in [0.2, 0.25) is 5.02 Å². The van der Waals surface area contributed by atoms with E-state index in [9.17, 15) is 9.18 Å². The van der Waals surface area contributed by atoms with Gasteiger partial charge in [-0.05, 0) is 42.5 Å². The lowest BCUT2D eigenvalue weighted by Gasteiger charge is -2.26. The number of hydrogen-bond donors (Lipinski definition) is 3. The van der Waals surface area contributed by atoms with Crippen LogP contribution < -0.4 is 15.5 Å². The summed E-state index contributed by atoms with van der Waals surface area (Å²) >= 11 is 5.78. The Kier molecular flexibility index (Phi) is 6.60. The van der Waals surface area contributed by atoms with Crippen molar-refractivity contribution in [3.8, 4) is 22.5 Å². The molecule has 10 heteroatoms. The Hall–Kier alpha value is -3.95. The SMILES string of the molecule is O=C(Nc1cccc(-c2nc(N3CCOCC3)[nH]c2-c2ccncc2)c1)Nc1ccc(Cl)cc1F. The maximum absolute atomic E-state index is 14.0. The van der Waals surface area contributed by atoms with Crippen LogP contribution in [0.3, 0.4) is 0 Å². The standard InChI is InChI=1S/C25H22ClFN6O2/c26-18-4-5-21(20(27)15-18)30-25(34)29-19-3-1-2-17(14-19)23-22(16-6-8-28-9-7-16)31-24(32-23)33-10-12-35-13-11-33/h1-9,14-15H,10-13H2,(H,31,32)(H2,29,30,34). The molecule has 1 saturated heterocycles.